The van der Waals surface area contributed by atoms with Crippen LogP contribution in [0.3, 0.4) is 0 Å². The number of aryl methyl sites for hydroxylation is 1. The standard InChI is InChI=1S/C16H18ClNO/c1-3-14(18)13-6-4-5-7-16(13)19-15-9-8-12(17)10-11(15)2/h4-10,14H,3,18H2,1-2H3/t14-/m1/s1. The van der Waals surface area contributed by atoms with Gasteiger partial charge in [-0.15, -0.1) is 0 Å². The summed E-state index contributed by atoms with van der Waals surface area (Å²) in [6.45, 7) is 4.04. The molecule has 2 rings (SSSR count). The molecule has 100 valence electrons. The Morgan fingerprint density at radius 3 is 2.58 bits per heavy atom. The highest BCUT2D eigenvalue weighted by atomic mass is 35.5. The Hall–Kier alpha value is -1.51. The van der Waals surface area contributed by atoms with Gasteiger partial charge in [-0.1, -0.05) is 36.7 Å². The maximum absolute atomic E-state index is 6.11. The third-order valence-electron chi connectivity index (χ3n) is 3.12. The summed E-state index contributed by atoms with van der Waals surface area (Å²) >= 11 is 5.95. The fourth-order valence-corrected chi connectivity index (χ4v) is 2.17. The van der Waals surface area contributed by atoms with Crippen LogP contribution < -0.4 is 10.5 Å². The van der Waals surface area contributed by atoms with Crippen molar-refractivity contribution in [2.24, 2.45) is 5.73 Å². The largest absolute Gasteiger partial charge is 0.457 e. The molecule has 0 fully saturated rings. The van der Waals surface area contributed by atoms with E-state index in [1.807, 2.05) is 49.4 Å². The molecule has 2 N–H and O–H groups in total. The van der Waals surface area contributed by atoms with Gasteiger partial charge in [-0.25, -0.2) is 0 Å². The van der Waals surface area contributed by atoms with Gasteiger partial charge in [0.05, 0.1) is 0 Å². The van der Waals surface area contributed by atoms with Crippen molar-refractivity contribution in [3.63, 3.8) is 0 Å². The number of nitrogens with two attached hydrogens (primary N) is 1. The second kappa shape index (κ2) is 6.09. The molecule has 0 aromatic heterocycles. The molecular formula is C16H18ClNO. The molecule has 19 heavy (non-hydrogen) atoms. The molecule has 0 aliphatic rings. The van der Waals surface area contributed by atoms with Crippen LogP contribution in [0.4, 0.5) is 0 Å². The smallest absolute Gasteiger partial charge is 0.132 e. The lowest BCUT2D eigenvalue weighted by atomic mass is 10.0. The summed E-state index contributed by atoms with van der Waals surface area (Å²) in [5.41, 5.74) is 8.14. The van der Waals surface area contributed by atoms with Crippen LogP contribution in [0.15, 0.2) is 42.5 Å². The van der Waals surface area contributed by atoms with Crippen LogP contribution in [-0.4, -0.2) is 0 Å². The molecule has 0 aliphatic carbocycles. The molecule has 3 heteroatoms. The summed E-state index contributed by atoms with van der Waals surface area (Å²) in [6, 6.07) is 13.5. The van der Waals surface area contributed by atoms with Crippen molar-refractivity contribution in [2.45, 2.75) is 26.3 Å². The van der Waals surface area contributed by atoms with Crippen LogP contribution in [0.5, 0.6) is 11.5 Å². The topological polar surface area (TPSA) is 35.2 Å². The third-order valence-corrected chi connectivity index (χ3v) is 3.35. The Labute approximate surface area is 119 Å². The summed E-state index contributed by atoms with van der Waals surface area (Å²) in [7, 11) is 0. The number of rotatable bonds is 4. The first-order chi connectivity index (χ1) is 9.11. The fourth-order valence-electron chi connectivity index (χ4n) is 1.95. The van der Waals surface area contributed by atoms with E-state index in [2.05, 4.69) is 6.92 Å². The molecule has 2 aromatic carbocycles. The molecule has 0 bridgehead atoms. The number of hydrogen-bond acceptors (Lipinski definition) is 2. The highest BCUT2D eigenvalue weighted by Crippen LogP contribution is 2.32. The lowest BCUT2D eigenvalue weighted by Gasteiger charge is -2.16. The van der Waals surface area contributed by atoms with Crippen molar-refractivity contribution in [1.82, 2.24) is 0 Å². The predicted octanol–water partition coefficient (Wildman–Crippen LogP) is 4.85. The Morgan fingerprint density at radius 1 is 1.16 bits per heavy atom. The minimum atomic E-state index is -0.0104. The Bertz CT molecular complexity index is 568. The summed E-state index contributed by atoms with van der Waals surface area (Å²) in [4.78, 5) is 0. The van der Waals surface area contributed by atoms with Gasteiger partial charge in [-0.2, -0.15) is 0 Å². The highest BCUT2D eigenvalue weighted by Gasteiger charge is 2.11. The minimum Gasteiger partial charge on any atom is -0.457 e. The van der Waals surface area contributed by atoms with E-state index in [1.54, 1.807) is 0 Å². The van der Waals surface area contributed by atoms with E-state index in [0.717, 1.165) is 29.0 Å². The second-order valence-corrected chi connectivity index (χ2v) is 5.00. The van der Waals surface area contributed by atoms with E-state index in [-0.39, 0.29) is 6.04 Å². The molecule has 2 aromatic rings. The number of ether oxygens (including phenoxy) is 1. The van der Waals surface area contributed by atoms with E-state index in [1.165, 1.54) is 0 Å². The van der Waals surface area contributed by atoms with Crippen LogP contribution in [0.1, 0.15) is 30.5 Å². The van der Waals surface area contributed by atoms with Gasteiger partial charge in [0.25, 0.3) is 0 Å². The molecule has 0 heterocycles. The number of halogens is 1. The summed E-state index contributed by atoms with van der Waals surface area (Å²) < 4.78 is 5.98. The molecule has 0 amide bonds. The maximum atomic E-state index is 6.11. The number of hydrogen-bond donors (Lipinski definition) is 1. The van der Waals surface area contributed by atoms with Crippen molar-refractivity contribution >= 4 is 11.6 Å². The molecule has 2 nitrogen and oxygen atoms in total. The first-order valence-electron chi connectivity index (χ1n) is 6.40. The van der Waals surface area contributed by atoms with Crippen molar-refractivity contribution < 1.29 is 4.74 Å². The van der Waals surface area contributed by atoms with Crippen LogP contribution in [0, 0.1) is 6.92 Å². The lowest BCUT2D eigenvalue weighted by Crippen LogP contribution is -2.09. The van der Waals surface area contributed by atoms with Gasteiger partial charge in [0.15, 0.2) is 0 Å². The van der Waals surface area contributed by atoms with E-state index in [4.69, 9.17) is 22.1 Å². The van der Waals surface area contributed by atoms with E-state index in [0.29, 0.717) is 5.02 Å². The van der Waals surface area contributed by atoms with Crippen molar-refractivity contribution in [3.05, 3.63) is 58.6 Å². The Balaban J connectivity index is 2.33. The summed E-state index contributed by atoms with van der Waals surface area (Å²) in [5.74, 6) is 1.61. The van der Waals surface area contributed by atoms with Crippen molar-refractivity contribution in [2.75, 3.05) is 0 Å². The lowest BCUT2D eigenvalue weighted by molar-refractivity contribution is 0.465. The monoisotopic (exact) mass is 275 g/mol. The van der Waals surface area contributed by atoms with Crippen molar-refractivity contribution in [1.29, 1.82) is 0 Å². The summed E-state index contributed by atoms with van der Waals surface area (Å²) in [6.07, 6.45) is 0.875. The Morgan fingerprint density at radius 2 is 1.89 bits per heavy atom. The minimum absolute atomic E-state index is 0.0104. The quantitative estimate of drug-likeness (QED) is 0.866. The zero-order chi connectivity index (χ0) is 13.8. The molecule has 0 saturated carbocycles. The predicted molar refractivity (Wildman–Crippen MR) is 79.9 cm³/mol. The SMILES string of the molecule is CC[C@@H](N)c1ccccc1Oc1ccc(Cl)cc1C. The number of para-hydroxylation sites is 1. The average Bonchev–Trinajstić information content (AvgIpc) is 2.41. The molecule has 0 unspecified atom stereocenters. The van der Waals surface area contributed by atoms with Gasteiger partial charge in [-0.3, -0.25) is 0 Å². The average molecular weight is 276 g/mol. The number of benzene rings is 2. The highest BCUT2D eigenvalue weighted by molar-refractivity contribution is 6.30. The van der Waals surface area contributed by atoms with Gasteiger partial charge in [0.1, 0.15) is 11.5 Å². The van der Waals surface area contributed by atoms with Gasteiger partial charge >= 0.3 is 0 Å². The maximum Gasteiger partial charge on any atom is 0.132 e. The zero-order valence-corrected chi connectivity index (χ0v) is 11.9. The van der Waals surface area contributed by atoms with Crippen LogP contribution in [0.2, 0.25) is 5.02 Å². The van der Waals surface area contributed by atoms with Gasteiger partial charge in [-0.05, 0) is 43.2 Å². The summed E-state index contributed by atoms with van der Waals surface area (Å²) in [5, 5.41) is 0.711. The normalized spacial score (nSPS) is 12.2. The first-order valence-corrected chi connectivity index (χ1v) is 6.78. The molecule has 0 radical (unpaired) electrons. The molecule has 0 spiro atoms. The van der Waals surface area contributed by atoms with E-state index < -0.39 is 0 Å². The van der Waals surface area contributed by atoms with Crippen LogP contribution in [0.25, 0.3) is 0 Å². The van der Waals surface area contributed by atoms with E-state index in [9.17, 15) is 0 Å². The third kappa shape index (κ3) is 3.28. The second-order valence-electron chi connectivity index (χ2n) is 4.56. The van der Waals surface area contributed by atoms with Crippen molar-refractivity contribution in [3.8, 4) is 11.5 Å². The molecule has 0 aliphatic heterocycles. The van der Waals surface area contributed by atoms with E-state index >= 15 is 0 Å². The van der Waals surface area contributed by atoms with Gasteiger partial charge in [0, 0.05) is 16.6 Å². The first kappa shape index (κ1) is 13.9. The molecular weight excluding hydrogens is 258 g/mol. The zero-order valence-electron chi connectivity index (χ0n) is 11.2. The Kier molecular flexibility index (Phi) is 4.46. The fraction of sp³-hybridized carbons (Fsp3) is 0.250. The molecule has 0 saturated heterocycles. The van der Waals surface area contributed by atoms with Crippen LogP contribution >= 0.6 is 11.6 Å². The van der Waals surface area contributed by atoms with Gasteiger partial charge < -0.3 is 10.5 Å². The van der Waals surface area contributed by atoms with Gasteiger partial charge in [0.2, 0.25) is 0 Å². The molecule has 1 atom stereocenters. The van der Waals surface area contributed by atoms with Crippen LogP contribution in [-0.2, 0) is 0 Å².